The Hall–Kier alpha value is -8.14. The van der Waals surface area contributed by atoms with Crippen molar-refractivity contribution >= 4 is 66.7 Å². The summed E-state index contributed by atoms with van der Waals surface area (Å²) in [5.74, 6) is 0. The smallest absolute Gasteiger partial charge is 0.0562 e. The normalized spacial score (nSPS) is 11.3. The maximum atomic E-state index is 2.46. The molecule has 0 radical (unpaired) electrons. The summed E-state index contributed by atoms with van der Waals surface area (Å²) < 4.78 is 2.43. The van der Waals surface area contributed by atoms with E-state index in [1.165, 1.54) is 43.8 Å². The molecule has 0 bridgehead atoms. The number of benzene rings is 10. The Bertz CT molecular complexity index is 3250. The van der Waals surface area contributed by atoms with Crippen molar-refractivity contribution in [3.63, 3.8) is 0 Å². The fraction of sp³-hybridized carbons (Fsp3) is 0. The molecule has 0 saturated heterocycles. The molecule has 3 nitrogen and oxygen atoms in total. The fourth-order valence-electron chi connectivity index (χ4n) is 9.06. The highest BCUT2D eigenvalue weighted by atomic mass is 15.2. The van der Waals surface area contributed by atoms with Gasteiger partial charge in [-0.2, -0.15) is 0 Å². The number of para-hydroxylation sites is 3. The van der Waals surface area contributed by atoms with Gasteiger partial charge in [0.05, 0.1) is 16.7 Å². The SMILES string of the molecule is c1ccc(-c2c(N(c3cccc(N(c4ccccc4)c4ccccc4)c3)c3ccc4c5c(-c6ccccc6)cccc5n(-c5ccccc5)c4c3)ccc3ccccc23)cc1. The number of hydrogen-bond acceptors (Lipinski definition) is 2. The highest BCUT2D eigenvalue weighted by molar-refractivity contribution is 6.17. The third-order valence-electron chi connectivity index (χ3n) is 11.7. The molecule has 0 unspecified atom stereocenters. The predicted molar refractivity (Wildman–Crippen MR) is 259 cm³/mol. The van der Waals surface area contributed by atoms with E-state index >= 15 is 0 Å². The van der Waals surface area contributed by atoms with Gasteiger partial charge in [-0.05, 0) is 106 Å². The molecule has 0 N–H and O–H groups in total. The van der Waals surface area contributed by atoms with Crippen molar-refractivity contribution in [2.75, 3.05) is 9.80 Å². The van der Waals surface area contributed by atoms with Gasteiger partial charge in [0.25, 0.3) is 0 Å². The van der Waals surface area contributed by atoms with Crippen molar-refractivity contribution in [1.29, 1.82) is 0 Å². The summed E-state index contributed by atoms with van der Waals surface area (Å²) in [5, 5.41) is 4.85. The van der Waals surface area contributed by atoms with Crippen LogP contribution >= 0.6 is 0 Å². The van der Waals surface area contributed by atoms with E-state index < -0.39 is 0 Å². The molecule has 61 heavy (non-hydrogen) atoms. The van der Waals surface area contributed by atoms with E-state index in [1.54, 1.807) is 0 Å². The minimum atomic E-state index is 1.05. The maximum Gasteiger partial charge on any atom is 0.0562 e. The zero-order valence-corrected chi connectivity index (χ0v) is 33.5. The van der Waals surface area contributed by atoms with Crippen molar-refractivity contribution in [3.05, 3.63) is 249 Å². The summed E-state index contributed by atoms with van der Waals surface area (Å²) in [6.45, 7) is 0. The van der Waals surface area contributed by atoms with Crippen LogP contribution in [0, 0.1) is 0 Å². The molecule has 0 aliphatic carbocycles. The van der Waals surface area contributed by atoms with E-state index in [2.05, 4.69) is 263 Å². The van der Waals surface area contributed by atoms with E-state index in [9.17, 15) is 0 Å². The van der Waals surface area contributed by atoms with Gasteiger partial charge in [-0.3, -0.25) is 0 Å². The van der Waals surface area contributed by atoms with Crippen LogP contribution in [-0.4, -0.2) is 4.57 Å². The topological polar surface area (TPSA) is 11.4 Å². The van der Waals surface area contributed by atoms with Gasteiger partial charge in [-0.1, -0.05) is 170 Å². The largest absolute Gasteiger partial charge is 0.310 e. The van der Waals surface area contributed by atoms with E-state index in [0.29, 0.717) is 0 Å². The molecule has 288 valence electrons. The molecule has 1 heterocycles. The van der Waals surface area contributed by atoms with Gasteiger partial charge in [-0.25, -0.2) is 0 Å². The first-order valence-electron chi connectivity index (χ1n) is 20.9. The molecule has 3 heteroatoms. The molecular weight excluding hydrogens is 739 g/mol. The average Bonchev–Trinajstić information content (AvgIpc) is 3.67. The van der Waals surface area contributed by atoms with Crippen LogP contribution in [0.4, 0.5) is 34.1 Å². The lowest BCUT2D eigenvalue weighted by atomic mass is 9.95. The summed E-state index contributed by atoms with van der Waals surface area (Å²) in [5.41, 5.74) is 14.7. The van der Waals surface area contributed by atoms with E-state index in [4.69, 9.17) is 0 Å². The summed E-state index contributed by atoms with van der Waals surface area (Å²) in [6.07, 6.45) is 0. The first-order valence-corrected chi connectivity index (χ1v) is 20.9. The second kappa shape index (κ2) is 15.6. The van der Waals surface area contributed by atoms with Crippen LogP contribution in [0.1, 0.15) is 0 Å². The van der Waals surface area contributed by atoms with Crippen molar-refractivity contribution in [3.8, 4) is 27.9 Å². The molecule has 0 saturated carbocycles. The fourth-order valence-corrected chi connectivity index (χ4v) is 9.06. The second-order valence-corrected chi connectivity index (χ2v) is 15.3. The minimum Gasteiger partial charge on any atom is -0.310 e. The monoisotopic (exact) mass is 779 g/mol. The maximum absolute atomic E-state index is 2.46. The van der Waals surface area contributed by atoms with Crippen LogP contribution in [0.25, 0.3) is 60.5 Å². The predicted octanol–water partition coefficient (Wildman–Crippen LogP) is 16.2. The zero-order chi connectivity index (χ0) is 40.5. The number of aromatic nitrogens is 1. The first kappa shape index (κ1) is 36.0. The quantitative estimate of drug-likeness (QED) is 0.145. The highest BCUT2D eigenvalue weighted by Gasteiger charge is 2.24. The van der Waals surface area contributed by atoms with Crippen LogP contribution in [0.15, 0.2) is 249 Å². The third kappa shape index (κ3) is 6.50. The van der Waals surface area contributed by atoms with Gasteiger partial charge in [-0.15, -0.1) is 0 Å². The number of anilines is 6. The van der Waals surface area contributed by atoms with Crippen molar-refractivity contribution in [2.24, 2.45) is 0 Å². The molecule has 0 spiro atoms. The van der Waals surface area contributed by atoms with Gasteiger partial charge in [0.15, 0.2) is 0 Å². The van der Waals surface area contributed by atoms with Gasteiger partial charge < -0.3 is 14.4 Å². The van der Waals surface area contributed by atoms with E-state index in [-0.39, 0.29) is 0 Å². The van der Waals surface area contributed by atoms with Gasteiger partial charge in [0.2, 0.25) is 0 Å². The average molecular weight is 780 g/mol. The Morgan fingerprint density at radius 2 is 0.852 bits per heavy atom. The van der Waals surface area contributed by atoms with Gasteiger partial charge in [0.1, 0.15) is 0 Å². The Morgan fingerprint density at radius 3 is 1.54 bits per heavy atom. The van der Waals surface area contributed by atoms with Crippen LogP contribution in [-0.2, 0) is 0 Å². The molecule has 11 rings (SSSR count). The van der Waals surface area contributed by atoms with Crippen LogP contribution in [0.5, 0.6) is 0 Å². The number of hydrogen-bond donors (Lipinski definition) is 0. The highest BCUT2D eigenvalue weighted by Crippen LogP contribution is 2.48. The molecule has 0 atom stereocenters. The van der Waals surface area contributed by atoms with Gasteiger partial charge in [0, 0.05) is 50.5 Å². The standard InChI is InChI=1S/C58H41N3/c1-6-20-42(21-7-1)52-34-19-35-54-58(52)53-38-37-50(41-56(53)61(54)47-29-14-5-15-30-47)60(55-39-36-43-22-16-17-33-51(43)57(55)44-23-8-2-9-24-44)49-32-18-31-48(40-49)59(45-25-10-3-11-26-45)46-27-12-4-13-28-46/h1-41H. The van der Waals surface area contributed by atoms with Crippen LogP contribution in [0.2, 0.25) is 0 Å². The minimum absolute atomic E-state index is 1.05. The van der Waals surface area contributed by atoms with Crippen molar-refractivity contribution in [1.82, 2.24) is 4.57 Å². The zero-order valence-electron chi connectivity index (χ0n) is 33.5. The molecule has 1 aromatic heterocycles. The molecule has 0 amide bonds. The van der Waals surface area contributed by atoms with Crippen molar-refractivity contribution < 1.29 is 0 Å². The Labute approximate surface area is 356 Å². The summed E-state index contributed by atoms with van der Waals surface area (Å²) >= 11 is 0. The summed E-state index contributed by atoms with van der Waals surface area (Å²) in [4.78, 5) is 4.79. The number of fused-ring (bicyclic) bond motifs is 4. The number of nitrogens with zero attached hydrogens (tertiary/aromatic N) is 3. The molecular formula is C58H41N3. The Morgan fingerprint density at radius 1 is 0.311 bits per heavy atom. The third-order valence-corrected chi connectivity index (χ3v) is 11.7. The molecule has 0 aliphatic heterocycles. The lowest BCUT2D eigenvalue weighted by molar-refractivity contribution is 1.18. The lowest BCUT2D eigenvalue weighted by Gasteiger charge is -2.31. The van der Waals surface area contributed by atoms with E-state index in [0.717, 1.165) is 50.9 Å². The van der Waals surface area contributed by atoms with Crippen molar-refractivity contribution in [2.45, 2.75) is 0 Å². The number of rotatable bonds is 9. The van der Waals surface area contributed by atoms with Crippen LogP contribution < -0.4 is 9.80 Å². The molecule has 10 aromatic carbocycles. The molecule has 0 aliphatic rings. The Kier molecular flexibility index (Phi) is 9.18. The van der Waals surface area contributed by atoms with Gasteiger partial charge >= 0.3 is 0 Å². The first-order chi connectivity index (χ1) is 30.3. The van der Waals surface area contributed by atoms with Crippen LogP contribution in [0.3, 0.4) is 0 Å². The summed E-state index contributed by atoms with van der Waals surface area (Å²) in [7, 11) is 0. The Balaban J connectivity index is 1.21. The lowest BCUT2D eigenvalue weighted by Crippen LogP contribution is -2.14. The second-order valence-electron chi connectivity index (χ2n) is 15.3. The van der Waals surface area contributed by atoms with E-state index in [1.807, 2.05) is 0 Å². The molecule has 0 fully saturated rings. The molecule has 11 aromatic rings. The summed E-state index contributed by atoms with van der Waals surface area (Å²) in [6, 6.07) is 89.6.